The van der Waals surface area contributed by atoms with Crippen molar-refractivity contribution in [1.82, 2.24) is 20.2 Å². The Bertz CT molecular complexity index is 691. The summed E-state index contributed by atoms with van der Waals surface area (Å²) in [5.41, 5.74) is 1.72. The molecule has 6 nitrogen and oxygen atoms in total. The fourth-order valence-corrected chi connectivity index (χ4v) is 2.26. The van der Waals surface area contributed by atoms with E-state index < -0.39 is 0 Å². The number of benzene rings is 1. The number of carbonyl (C=O) groups excluding carboxylic acids is 2. The summed E-state index contributed by atoms with van der Waals surface area (Å²) in [6, 6.07) is 7.67. The van der Waals surface area contributed by atoms with Crippen molar-refractivity contribution in [2.45, 2.75) is 40.3 Å². The van der Waals surface area contributed by atoms with Gasteiger partial charge in [0.15, 0.2) is 0 Å². The zero-order valence-corrected chi connectivity index (χ0v) is 13.9. The number of fused-ring (bicyclic) bond motifs is 1. The number of carbonyl (C=O) groups is 2. The minimum Gasteiger partial charge on any atom is -0.354 e. The lowest BCUT2D eigenvalue weighted by molar-refractivity contribution is -0.122. The number of rotatable bonds is 7. The minimum absolute atomic E-state index is 0.0344. The zero-order valence-electron chi connectivity index (χ0n) is 13.9. The quantitative estimate of drug-likeness (QED) is 0.818. The van der Waals surface area contributed by atoms with Crippen LogP contribution in [-0.2, 0) is 22.7 Å². The SMILES string of the molecule is CCC(=O)NCc1nc2ccccc2n1CC(=O)NCC(C)C. The second-order valence-corrected chi connectivity index (χ2v) is 5.93. The standard InChI is InChI=1S/C17H24N4O2/c1-4-16(22)19-10-15-20-13-7-5-6-8-14(13)21(15)11-17(23)18-9-12(2)3/h5-8,12H,4,9-11H2,1-3H3,(H,18,23)(H,19,22). The maximum absolute atomic E-state index is 12.2. The molecule has 0 saturated carbocycles. The molecule has 0 aliphatic rings. The second-order valence-electron chi connectivity index (χ2n) is 5.93. The predicted molar refractivity (Wildman–Crippen MR) is 89.7 cm³/mol. The molecule has 2 rings (SSSR count). The molecule has 6 heteroatoms. The summed E-state index contributed by atoms with van der Waals surface area (Å²) in [6.45, 7) is 7.08. The molecule has 2 N–H and O–H groups in total. The lowest BCUT2D eigenvalue weighted by atomic mass is 10.2. The monoisotopic (exact) mass is 316 g/mol. The average Bonchev–Trinajstić information content (AvgIpc) is 2.88. The molecule has 0 bridgehead atoms. The Morgan fingerprint density at radius 2 is 1.91 bits per heavy atom. The summed E-state index contributed by atoms with van der Waals surface area (Å²) in [7, 11) is 0. The summed E-state index contributed by atoms with van der Waals surface area (Å²) in [5.74, 6) is 1.01. The molecule has 1 aromatic carbocycles. The summed E-state index contributed by atoms with van der Waals surface area (Å²) in [5, 5.41) is 5.73. The van der Waals surface area contributed by atoms with E-state index in [0.717, 1.165) is 11.0 Å². The lowest BCUT2D eigenvalue weighted by Gasteiger charge is -2.11. The van der Waals surface area contributed by atoms with Crippen LogP contribution in [0.15, 0.2) is 24.3 Å². The van der Waals surface area contributed by atoms with Crippen molar-refractivity contribution in [3.8, 4) is 0 Å². The van der Waals surface area contributed by atoms with E-state index in [4.69, 9.17) is 0 Å². The van der Waals surface area contributed by atoms with Crippen LogP contribution in [0.4, 0.5) is 0 Å². The van der Waals surface area contributed by atoms with Gasteiger partial charge in [0.25, 0.3) is 0 Å². The Morgan fingerprint density at radius 1 is 1.17 bits per heavy atom. The molecule has 0 aliphatic heterocycles. The van der Waals surface area contributed by atoms with E-state index in [-0.39, 0.29) is 18.4 Å². The van der Waals surface area contributed by atoms with Gasteiger partial charge in [-0.1, -0.05) is 32.9 Å². The third-order valence-electron chi connectivity index (χ3n) is 3.51. The molecular weight excluding hydrogens is 292 g/mol. The lowest BCUT2D eigenvalue weighted by Crippen LogP contribution is -2.32. The van der Waals surface area contributed by atoms with Crippen molar-refractivity contribution in [2.24, 2.45) is 5.92 Å². The Labute approximate surface area is 136 Å². The zero-order chi connectivity index (χ0) is 16.8. The van der Waals surface area contributed by atoms with Crippen LogP contribution in [0.2, 0.25) is 0 Å². The van der Waals surface area contributed by atoms with Crippen LogP contribution in [0.3, 0.4) is 0 Å². The maximum Gasteiger partial charge on any atom is 0.240 e. The van der Waals surface area contributed by atoms with Crippen molar-refractivity contribution >= 4 is 22.8 Å². The van der Waals surface area contributed by atoms with Crippen molar-refractivity contribution in [1.29, 1.82) is 0 Å². The normalized spacial score (nSPS) is 11.0. The van der Waals surface area contributed by atoms with Crippen LogP contribution in [0, 0.1) is 5.92 Å². The van der Waals surface area contributed by atoms with Crippen LogP contribution in [0.5, 0.6) is 0 Å². The van der Waals surface area contributed by atoms with Gasteiger partial charge in [-0.25, -0.2) is 4.98 Å². The molecule has 124 valence electrons. The highest BCUT2D eigenvalue weighted by atomic mass is 16.2. The maximum atomic E-state index is 12.2. The van der Waals surface area contributed by atoms with E-state index in [0.29, 0.717) is 31.3 Å². The first-order chi connectivity index (χ1) is 11.0. The molecule has 0 fully saturated rings. The van der Waals surface area contributed by atoms with Gasteiger partial charge in [-0.3, -0.25) is 9.59 Å². The van der Waals surface area contributed by atoms with E-state index >= 15 is 0 Å². The smallest absolute Gasteiger partial charge is 0.240 e. The van der Waals surface area contributed by atoms with E-state index in [1.807, 2.05) is 28.8 Å². The van der Waals surface area contributed by atoms with E-state index in [9.17, 15) is 9.59 Å². The van der Waals surface area contributed by atoms with Gasteiger partial charge >= 0.3 is 0 Å². The largest absolute Gasteiger partial charge is 0.354 e. The Hall–Kier alpha value is -2.37. The number of hydrogen-bond acceptors (Lipinski definition) is 3. The first kappa shape index (κ1) is 17.0. The second kappa shape index (κ2) is 7.76. The molecule has 1 aromatic heterocycles. The average molecular weight is 316 g/mol. The van der Waals surface area contributed by atoms with Crippen LogP contribution in [0.1, 0.15) is 33.0 Å². The first-order valence-corrected chi connectivity index (χ1v) is 7.98. The topological polar surface area (TPSA) is 76.0 Å². The van der Waals surface area contributed by atoms with Crippen LogP contribution >= 0.6 is 0 Å². The summed E-state index contributed by atoms with van der Waals surface area (Å²) < 4.78 is 1.86. The number of amides is 2. The highest BCUT2D eigenvalue weighted by Crippen LogP contribution is 2.16. The van der Waals surface area contributed by atoms with Gasteiger partial charge in [-0.2, -0.15) is 0 Å². The van der Waals surface area contributed by atoms with Gasteiger partial charge in [0.05, 0.1) is 17.6 Å². The number of para-hydroxylation sites is 2. The first-order valence-electron chi connectivity index (χ1n) is 7.98. The summed E-state index contributed by atoms with van der Waals surface area (Å²) in [4.78, 5) is 28.2. The van der Waals surface area contributed by atoms with Crippen LogP contribution < -0.4 is 10.6 Å². The Morgan fingerprint density at radius 3 is 2.61 bits per heavy atom. The number of nitrogens with zero attached hydrogens (tertiary/aromatic N) is 2. The van der Waals surface area contributed by atoms with Crippen molar-refractivity contribution in [3.63, 3.8) is 0 Å². The molecule has 0 atom stereocenters. The number of hydrogen-bond donors (Lipinski definition) is 2. The molecule has 0 spiro atoms. The summed E-state index contributed by atoms with van der Waals surface area (Å²) in [6.07, 6.45) is 0.426. The molecule has 2 aromatic rings. The number of imidazole rings is 1. The number of nitrogens with one attached hydrogen (secondary N) is 2. The van der Waals surface area contributed by atoms with Crippen molar-refractivity contribution in [2.75, 3.05) is 6.54 Å². The summed E-state index contributed by atoms with van der Waals surface area (Å²) >= 11 is 0. The van der Waals surface area contributed by atoms with E-state index in [1.54, 1.807) is 6.92 Å². The predicted octanol–water partition coefficient (Wildman–Crippen LogP) is 1.83. The Kier molecular flexibility index (Phi) is 5.73. The molecule has 2 amide bonds. The van der Waals surface area contributed by atoms with Gasteiger partial charge in [0, 0.05) is 13.0 Å². The fraction of sp³-hybridized carbons (Fsp3) is 0.471. The molecule has 0 unspecified atom stereocenters. The Balaban J connectivity index is 2.20. The highest BCUT2D eigenvalue weighted by molar-refractivity contribution is 5.81. The third-order valence-corrected chi connectivity index (χ3v) is 3.51. The van der Waals surface area contributed by atoms with Crippen molar-refractivity contribution < 1.29 is 9.59 Å². The molecule has 1 heterocycles. The minimum atomic E-state index is -0.0510. The van der Waals surface area contributed by atoms with Gasteiger partial charge in [-0.15, -0.1) is 0 Å². The highest BCUT2D eigenvalue weighted by Gasteiger charge is 2.14. The van der Waals surface area contributed by atoms with Gasteiger partial charge < -0.3 is 15.2 Å². The third kappa shape index (κ3) is 4.55. The molecule has 0 aliphatic carbocycles. The molecule has 0 radical (unpaired) electrons. The molecule has 23 heavy (non-hydrogen) atoms. The van der Waals surface area contributed by atoms with E-state index in [1.165, 1.54) is 0 Å². The number of aromatic nitrogens is 2. The van der Waals surface area contributed by atoms with Gasteiger partial charge in [0.2, 0.25) is 11.8 Å². The molecule has 0 saturated heterocycles. The van der Waals surface area contributed by atoms with E-state index in [2.05, 4.69) is 29.5 Å². The van der Waals surface area contributed by atoms with Gasteiger partial charge in [0.1, 0.15) is 12.4 Å². The van der Waals surface area contributed by atoms with Gasteiger partial charge in [-0.05, 0) is 18.1 Å². The van der Waals surface area contributed by atoms with Crippen molar-refractivity contribution in [3.05, 3.63) is 30.1 Å². The fourth-order valence-electron chi connectivity index (χ4n) is 2.26. The van der Waals surface area contributed by atoms with Crippen LogP contribution in [0.25, 0.3) is 11.0 Å². The molecular formula is C17H24N4O2. The van der Waals surface area contributed by atoms with Crippen LogP contribution in [-0.4, -0.2) is 27.9 Å².